The molecule has 0 aliphatic rings. The maximum Gasteiger partial charge on any atom is 0.254 e. The molecule has 0 unspecified atom stereocenters. The van der Waals surface area contributed by atoms with Gasteiger partial charge < -0.3 is 15.2 Å². The third kappa shape index (κ3) is 3.31. The summed E-state index contributed by atoms with van der Waals surface area (Å²) in [5, 5.41) is 0. The fraction of sp³-hybridized carbons (Fsp3) is 0.250. The lowest BCUT2D eigenvalue weighted by Gasteiger charge is -2.22. The van der Waals surface area contributed by atoms with Crippen molar-refractivity contribution >= 4 is 11.6 Å². The van der Waals surface area contributed by atoms with Crippen molar-refractivity contribution in [1.82, 2.24) is 9.47 Å². The number of rotatable bonds is 4. The first-order valence-corrected chi connectivity index (χ1v) is 6.82. The molecule has 0 fully saturated rings. The molecule has 21 heavy (non-hydrogen) atoms. The predicted molar refractivity (Wildman–Crippen MR) is 83.0 cm³/mol. The second-order valence-electron chi connectivity index (χ2n) is 4.88. The van der Waals surface area contributed by atoms with Gasteiger partial charge in [0, 0.05) is 43.7 Å². The summed E-state index contributed by atoms with van der Waals surface area (Å²) in [4.78, 5) is 25.8. The van der Waals surface area contributed by atoms with Gasteiger partial charge in [0.2, 0.25) is 0 Å². The number of nitrogens with zero attached hydrogens (tertiary/aromatic N) is 2. The molecule has 0 saturated heterocycles. The number of nitrogen functional groups attached to an aromatic ring is 1. The van der Waals surface area contributed by atoms with Crippen LogP contribution in [0.5, 0.6) is 0 Å². The van der Waals surface area contributed by atoms with Gasteiger partial charge in [-0.05, 0) is 24.6 Å². The lowest BCUT2D eigenvalue weighted by Crippen LogP contribution is -2.31. The average Bonchev–Trinajstić information content (AvgIpc) is 2.48. The maximum atomic E-state index is 12.5. The zero-order valence-electron chi connectivity index (χ0n) is 12.2. The minimum absolute atomic E-state index is 0.168. The number of nitrogens with two attached hydrogens (primary N) is 1. The molecule has 0 aliphatic carbocycles. The van der Waals surface area contributed by atoms with Gasteiger partial charge in [-0.1, -0.05) is 18.2 Å². The molecule has 5 nitrogen and oxygen atoms in total. The van der Waals surface area contributed by atoms with Crippen LogP contribution in [0.2, 0.25) is 0 Å². The molecule has 0 atom stereocenters. The van der Waals surface area contributed by atoms with Crippen molar-refractivity contribution in [2.24, 2.45) is 7.05 Å². The molecular formula is C16H19N3O2. The number of carbonyl (C=O) groups is 1. The standard InChI is InChI=1S/C16H19N3O2/c1-3-19(11-13-6-4-5-7-14(13)17)16(21)12-8-9-18(2)15(20)10-12/h4-10H,3,11,17H2,1-2H3. The molecule has 0 spiro atoms. The maximum absolute atomic E-state index is 12.5. The highest BCUT2D eigenvalue weighted by Crippen LogP contribution is 2.15. The topological polar surface area (TPSA) is 68.3 Å². The molecule has 1 aromatic heterocycles. The lowest BCUT2D eigenvalue weighted by molar-refractivity contribution is 0.0752. The Hall–Kier alpha value is -2.56. The van der Waals surface area contributed by atoms with Gasteiger partial charge in [0.25, 0.3) is 11.5 Å². The Balaban J connectivity index is 2.24. The number of hydrogen-bond donors (Lipinski definition) is 1. The first-order chi connectivity index (χ1) is 10.0. The van der Waals surface area contributed by atoms with Crippen molar-refractivity contribution in [2.45, 2.75) is 13.5 Å². The van der Waals surface area contributed by atoms with Gasteiger partial charge in [-0.15, -0.1) is 0 Å². The van der Waals surface area contributed by atoms with Gasteiger partial charge in [-0.3, -0.25) is 9.59 Å². The second kappa shape index (κ2) is 6.26. The quantitative estimate of drug-likeness (QED) is 0.868. The molecular weight excluding hydrogens is 266 g/mol. The molecule has 1 aromatic carbocycles. The Kier molecular flexibility index (Phi) is 4.42. The third-order valence-corrected chi connectivity index (χ3v) is 3.44. The van der Waals surface area contributed by atoms with Crippen LogP contribution in [0.15, 0.2) is 47.4 Å². The summed E-state index contributed by atoms with van der Waals surface area (Å²) >= 11 is 0. The largest absolute Gasteiger partial charge is 0.398 e. The van der Waals surface area contributed by atoms with Gasteiger partial charge in [-0.2, -0.15) is 0 Å². The summed E-state index contributed by atoms with van der Waals surface area (Å²) < 4.78 is 1.43. The molecule has 0 bridgehead atoms. The van der Waals surface area contributed by atoms with Crippen LogP contribution in [-0.2, 0) is 13.6 Å². The molecule has 1 amide bonds. The molecule has 0 aliphatic heterocycles. The van der Waals surface area contributed by atoms with Crippen LogP contribution in [0.3, 0.4) is 0 Å². The van der Waals surface area contributed by atoms with E-state index < -0.39 is 0 Å². The van der Waals surface area contributed by atoms with E-state index in [9.17, 15) is 9.59 Å². The van der Waals surface area contributed by atoms with E-state index in [0.29, 0.717) is 24.3 Å². The number of para-hydroxylation sites is 1. The normalized spacial score (nSPS) is 10.4. The average molecular weight is 285 g/mol. The Labute approximate surface area is 123 Å². The van der Waals surface area contributed by atoms with Crippen molar-refractivity contribution in [3.8, 4) is 0 Å². The predicted octanol–water partition coefficient (Wildman–Crippen LogP) is 1.63. The van der Waals surface area contributed by atoms with E-state index in [1.54, 1.807) is 24.2 Å². The summed E-state index contributed by atoms with van der Waals surface area (Å²) in [6.07, 6.45) is 1.60. The van der Waals surface area contributed by atoms with Crippen molar-refractivity contribution < 1.29 is 4.79 Å². The number of aromatic nitrogens is 1. The lowest BCUT2D eigenvalue weighted by atomic mass is 10.1. The zero-order valence-corrected chi connectivity index (χ0v) is 12.2. The van der Waals surface area contributed by atoms with Gasteiger partial charge in [0.15, 0.2) is 0 Å². The minimum Gasteiger partial charge on any atom is -0.398 e. The van der Waals surface area contributed by atoms with Gasteiger partial charge in [0.1, 0.15) is 0 Å². The molecule has 2 aromatic rings. The van der Waals surface area contributed by atoms with Gasteiger partial charge in [0.05, 0.1) is 0 Å². The van der Waals surface area contributed by atoms with E-state index in [-0.39, 0.29) is 11.5 Å². The van der Waals surface area contributed by atoms with Crippen molar-refractivity contribution in [1.29, 1.82) is 0 Å². The summed E-state index contributed by atoms with van der Waals surface area (Å²) in [6.45, 7) is 2.87. The Bertz CT molecular complexity index is 707. The molecule has 110 valence electrons. The van der Waals surface area contributed by atoms with Crippen LogP contribution < -0.4 is 11.3 Å². The molecule has 2 rings (SSSR count). The molecule has 1 heterocycles. The number of aryl methyl sites for hydroxylation is 1. The fourth-order valence-electron chi connectivity index (χ4n) is 2.08. The number of pyridine rings is 1. The fourth-order valence-corrected chi connectivity index (χ4v) is 2.08. The van der Waals surface area contributed by atoms with Crippen molar-refractivity contribution in [2.75, 3.05) is 12.3 Å². The zero-order chi connectivity index (χ0) is 15.4. The number of hydrogen-bond acceptors (Lipinski definition) is 3. The summed E-state index contributed by atoms with van der Waals surface area (Å²) in [7, 11) is 1.65. The molecule has 5 heteroatoms. The smallest absolute Gasteiger partial charge is 0.254 e. The van der Waals surface area contributed by atoms with E-state index in [1.807, 2.05) is 31.2 Å². The molecule has 0 saturated carbocycles. The molecule has 2 N–H and O–H groups in total. The number of carbonyl (C=O) groups excluding carboxylic acids is 1. The van der Waals surface area contributed by atoms with E-state index >= 15 is 0 Å². The SMILES string of the molecule is CCN(Cc1ccccc1N)C(=O)c1ccn(C)c(=O)c1. The summed E-state index contributed by atoms with van der Waals surface area (Å²) in [5.74, 6) is -0.168. The van der Waals surface area contributed by atoms with Gasteiger partial charge in [-0.25, -0.2) is 0 Å². The van der Waals surface area contributed by atoms with Crippen LogP contribution >= 0.6 is 0 Å². The van der Waals surface area contributed by atoms with Crippen LogP contribution in [-0.4, -0.2) is 21.9 Å². The van der Waals surface area contributed by atoms with Gasteiger partial charge >= 0.3 is 0 Å². The van der Waals surface area contributed by atoms with Crippen LogP contribution in [0.4, 0.5) is 5.69 Å². The van der Waals surface area contributed by atoms with E-state index in [4.69, 9.17) is 5.73 Å². The number of anilines is 1. The Morgan fingerprint density at radius 1 is 1.29 bits per heavy atom. The van der Waals surface area contributed by atoms with Crippen LogP contribution in [0, 0.1) is 0 Å². The van der Waals surface area contributed by atoms with E-state index in [1.165, 1.54) is 10.6 Å². The highest BCUT2D eigenvalue weighted by atomic mass is 16.2. The minimum atomic E-state index is -0.198. The first-order valence-electron chi connectivity index (χ1n) is 6.82. The highest BCUT2D eigenvalue weighted by Gasteiger charge is 2.16. The first kappa shape index (κ1) is 14.8. The van der Waals surface area contributed by atoms with Crippen LogP contribution in [0.25, 0.3) is 0 Å². The Morgan fingerprint density at radius 2 is 2.00 bits per heavy atom. The number of benzene rings is 1. The second-order valence-corrected chi connectivity index (χ2v) is 4.88. The Morgan fingerprint density at radius 3 is 2.62 bits per heavy atom. The van der Waals surface area contributed by atoms with Crippen molar-refractivity contribution in [3.63, 3.8) is 0 Å². The van der Waals surface area contributed by atoms with Crippen LogP contribution in [0.1, 0.15) is 22.8 Å². The monoisotopic (exact) mass is 285 g/mol. The summed E-state index contributed by atoms with van der Waals surface area (Å²) in [5.41, 5.74) is 7.67. The third-order valence-electron chi connectivity index (χ3n) is 3.44. The number of amides is 1. The summed E-state index contributed by atoms with van der Waals surface area (Å²) in [6, 6.07) is 10.5. The molecule has 0 radical (unpaired) electrons. The highest BCUT2D eigenvalue weighted by molar-refractivity contribution is 5.94. The van der Waals surface area contributed by atoms with E-state index in [2.05, 4.69) is 0 Å². The van der Waals surface area contributed by atoms with E-state index in [0.717, 1.165) is 5.56 Å². The van der Waals surface area contributed by atoms with Crippen molar-refractivity contribution in [3.05, 3.63) is 64.1 Å².